The lowest BCUT2D eigenvalue weighted by molar-refractivity contribution is 0.296. The number of aliphatic hydroxyl groups is 1. The predicted octanol–water partition coefficient (Wildman–Crippen LogP) is 2.80. The predicted molar refractivity (Wildman–Crippen MR) is 70.8 cm³/mol. The number of thioether (sulfide) groups is 1. The van der Waals surface area contributed by atoms with E-state index in [2.05, 4.69) is 12.2 Å². The van der Waals surface area contributed by atoms with Gasteiger partial charge in [0.1, 0.15) is 5.82 Å². The van der Waals surface area contributed by atoms with Crippen LogP contribution >= 0.6 is 11.8 Å². The SMILES string of the molecule is CCCNCc1cccc(F)c1SCCCO. The summed E-state index contributed by atoms with van der Waals surface area (Å²) in [6, 6.07) is 5.19. The van der Waals surface area contributed by atoms with Crippen molar-refractivity contribution < 1.29 is 9.50 Å². The molecule has 17 heavy (non-hydrogen) atoms. The first-order valence-corrected chi connectivity index (χ1v) is 7.00. The molecule has 0 heterocycles. The smallest absolute Gasteiger partial charge is 0.137 e. The normalized spacial score (nSPS) is 10.8. The lowest BCUT2D eigenvalue weighted by Crippen LogP contribution is -2.14. The van der Waals surface area contributed by atoms with Crippen molar-refractivity contribution in [1.82, 2.24) is 5.32 Å². The Morgan fingerprint density at radius 3 is 2.94 bits per heavy atom. The number of benzene rings is 1. The number of halogens is 1. The van der Waals surface area contributed by atoms with Gasteiger partial charge in [0.05, 0.1) is 0 Å². The Hall–Kier alpha value is -0.580. The van der Waals surface area contributed by atoms with E-state index in [4.69, 9.17) is 5.11 Å². The zero-order valence-corrected chi connectivity index (χ0v) is 11.0. The van der Waals surface area contributed by atoms with Crippen LogP contribution in [-0.4, -0.2) is 24.0 Å². The molecule has 0 radical (unpaired) electrons. The van der Waals surface area contributed by atoms with Gasteiger partial charge in [-0.15, -0.1) is 11.8 Å². The second-order valence-electron chi connectivity index (χ2n) is 3.83. The number of hydrogen-bond donors (Lipinski definition) is 2. The zero-order valence-electron chi connectivity index (χ0n) is 10.2. The Balaban J connectivity index is 2.63. The molecule has 0 unspecified atom stereocenters. The number of aliphatic hydroxyl groups excluding tert-OH is 1. The molecule has 0 aliphatic rings. The second kappa shape index (κ2) is 8.50. The topological polar surface area (TPSA) is 32.3 Å². The number of nitrogens with one attached hydrogen (secondary N) is 1. The summed E-state index contributed by atoms with van der Waals surface area (Å²) in [4.78, 5) is 0.713. The van der Waals surface area contributed by atoms with E-state index in [1.165, 1.54) is 17.8 Å². The maximum atomic E-state index is 13.7. The lowest BCUT2D eigenvalue weighted by Gasteiger charge is -2.10. The minimum absolute atomic E-state index is 0.158. The zero-order chi connectivity index (χ0) is 12.5. The Kier molecular flexibility index (Phi) is 7.24. The van der Waals surface area contributed by atoms with E-state index in [9.17, 15) is 4.39 Å². The maximum absolute atomic E-state index is 13.7. The molecule has 1 aromatic carbocycles. The van der Waals surface area contributed by atoms with Gasteiger partial charge in [0.2, 0.25) is 0 Å². The fourth-order valence-corrected chi connectivity index (χ4v) is 2.50. The quantitative estimate of drug-likeness (QED) is 0.555. The fourth-order valence-electron chi connectivity index (χ4n) is 1.49. The molecule has 1 rings (SSSR count). The average Bonchev–Trinajstić information content (AvgIpc) is 2.33. The highest BCUT2D eigenvalue weighted by atomic mass is 32.2. The summed E-state index contributed by atoms with van der Waals surface area (Å²) in [6.07, 6.45) is 1.77. The lowest BCUT2D eigenvalue weighted by atomic mass is 10.2. The largest absolute Gasteiger partial charge is 0.396 e. The minimum Gasteiger partial charge on any atom is -0.396 e. The molecular formula is C13H20FNOS. The summed E-state index contributed by atoms with van der Waals surface area (Å²) < 4.78 is 13.7. The first-order chi connectivity index (χ1) is 8.29. The van der Waals surface area contributed by atoms with Crippen LogP contribution in [0.4, 0.5) is 4.39 Å². The maximum Gasteiger partial charge on any atom is 0.137 e. The van der Waals surface area contributed by atoms with Crippen LogP contribution < -0.4 is 5.32 Å². The van der Waals surface area contributed by atoms with Crippen molar-refractivity contribution >= 4 is 11.8 Å². The highest BCUT2D eigenvalue weighted by Gasteiger charge is 2.08. The molecule has 0 amide bonds. The van der Waals surface area contributed by atoms with E-state index in [-0.39, 0.29) is 12.4 Å². The number of rotatable bonds is 8. The van der Waals surface area contributed by atoms with Crippen LogP contribution in [0.3, 0.4) is 0 Å². The van der Waals surface area contributed by atoms with E-state index >= 15 is 0 Å². The minimum atomic E-state index is -0.163. The Morgan fingerprint density at radius 2 is 2.24 bits per heavy atom. The average molecular weight is 257 g/mol. The van der Waals surface area contributed by atoms with E-state index < -0.39 is 0 Å². The van der Waals surface area contributed by atoms with Gasteiger partial charge in [0, 0.05) is 23.8 Å². The van der Waals surface area contributed by atoms with E-state index in [1.54, 1.807) is 6.07 Å². The van der Waals surface area contributed by atoms with Crippen molar-refractivity contribution in [2.75, 3.05) is 18.9 Å². The van der Waals surface area contributed by atoms with E-state index in [0.29, 0.717) is 17.9 Å². The number of hydrogen-bond acceptors (Lipinski definition) is 3. The third-order valence-corrected chi connectivity index (χ3v) is 3.58. The molecule has 0 bridgehead atoms. The third-order valence-electron chi connectivity index (χ3n) is 2.34. The van der Waals surface area contributed by atoms with Gasteiger partial charge in [0.25, 0.3) is 0 Å². The molecule has 0 aromatic heterocycles. The van der Waals surface area contributed by atoms with Crippen LogP contribution in [0.5, 0.6) is 0 Å². The molecular weight excluding hydrogens is 237 g/mol. The van der Waals surface area contributed by atoms with Crippen LogP contribution in [0.15, 0.2) is 23.1 Å². The third kappa shape index (κ3) is 5.06. The van der Waals surface area contributed by atoms with Crippen molar-refractivity contribution in [3.63, 3.8) is 0 Å². The van der Waals surface area contributed by atoms with Crippen molar-refractivity contribution in [2.24, 2.45) is 0 Å². The molecule has 0 aliphatic heterocycles. The summed E-state index contributed by atoms with van der Waals surface area (Å²) in [5.74, 6) is 0.585. The van der Waals surface area contributed by atoms with E-state index in [0.717, 1.165) is 24.3 Å². The summed E-state index contributed by atoms with van der Waals surface area (Å²) in [7, 11) is 0. The molecule has 96 valence electrons. The van der Waals surface area contributed by atoms with Crippen LogP contribution in [0.2, 0.25) is 0 Å². The van der Waals surface area contributed by atoms with Gasteiger partial charge < -0.3 is 10.4 Å². The monoisotopic (exact) mass is 257 g/mol. The van der Waals surface area contributed by atoms with Gasteiger partial charge in [-0.2, -0.15) is 0 Å². The summed E-state index contributed by atoms with van der Waals surface area (Å²) >= 11 is 1.48. The molecule has 0 aliphatic carbocycles. The van der Waals surface area contributed by atoms with Gasteiger partial charge in [-0.25, -0.2) is 4.39 Å². The van der Waals surface area contributed by atoms with Gasteiger partial charge in [-0.3, -0.25) is 0 Å². The molecule has 0 saturated heterocycles. The molecule has 0 spiro atoms. The van der Waals surface area contributed by atoms with Gasteiger partial charge >= 0.3 is 0 Å². The van der Waals surface area contributed by atoms with Gasteiger partial charge in [0.15, 0.2) is 0 Å². The molecule has 2 N–H and O–H groups in total. The standard InChI is InChI=1S/C13H20FNOS/c1-2-7-15-10-11-5-3-6-12(14)13(11)17-9-4-8-16/h3,5-6,15-16H,2,4,7-10H2,1H3. The fraction of sp³-hybridized carbons (Fsp3) is 0.538. The highest BCUT2D eigenvalue weighted by molar-refractivity contribution is 7.99. The highest BCUT2D eigenvalue weighted by Crippen LogP contribution is 2.26. The van der Waals surface area contributed by atoms with Crippen molar-refractivity contribution in [3.8, 4) is 0 Å². The van der Waals surface area contributed by atoms with Crippen molar-refractivity contribution in [2.45, 2.75) is 31.2 Å². The summed E-state index contributed by atoms with van der Waals surface area (Å²) in [5, 5.41) is 12.0. The molecule has 0 saturated carbocycles. The van der Waals surface area contributed by atoms with Gasteiger partial charge in [-0.05, 0) is 31.0 Å². The molecule has 0 atom stereocenters. The Labute approximate surface area is 107 Å². The first kappa shape index (κ1) is 14.5. The molecule has 2 nitrogen and oxygen atoms in total. The van der Waals surface area contributed by atoms with Crippen molar-refractivity contribution in [3.05, 3.63) is 29.6 Å². The van der Waals surface area contributed by atoms with Crippen LogP contribution in [-0.2, 0) is 6.54 Å². The van der Waals surface area contributed by atoms with Crippen LogP contribution in [0, 0.1) is 5.82 Å². The first-order valence-electron chi connectivity index (χ1n) is 6.01. The van der Waals surface area contributed by atoms with Crippen LogP contribution in [0.1, 0.15) is 25.3 Å². The summed E-state index contributed by atoms with van der Waals surface area (Å²) in [6.45, 7) is 3.91. The van der Waals surface area contributed by atoms with Crippen molar-refractivity contribution in [1.29, 1.82) is 0 Å². The summed E-state index contributed by atoms with van der Waals surface area (Å²) in [5.41, 5.74) is 1.00. The van der Waals surface area contributed by atoms with Crippen LogP contribution in [0.25, 0.3) is 0 Å². The molecule has 1 aromatic rings. The Bertz CT molecular complexity index is 333. The molecule has 4 heteroatoms. The Morgan fingerprint density at radius 1 is 1.41 bits per heavy atom. The van der Waals surface area contributed by atoms with E-state index in [1.807, 2.05) is 6.07 Å². The van der Waals surface area contributed by atoms with Gasteiger partial charge in [-0.1, -0.05) is 19.1 Å². The molecule has 0 fully saturated rings. The second-order valence-corrected chi connectivity index (χ2v) is 4.94.